The second-order valence-corrected chi connectivity index (χ2v) is 11.8. The average Bonchev–Trinajstić information content (AvgIpc) is 3.02. The molecule has 0 aliphatic carbocycles. The predicted molar refractivity (Wildman–Crippen MR) is 175 cm³/mol. The number of nitrogens with two attached hydrogens (primary N) is 1. The van der Waals surface area contributed by atoms with Crippen LogP contribution in [0.5, 0.6) is 0 Å². The number of nitrogens with one attached hydrogen (secondary N) is 1. The number of rotatable bonds is 24. The van der Waals surface area contributed by atoms with E-state index < -0.39 is 35.9 Å². The molecule has 2 aromatic rings. The molecule has 0 aliphatic rings. The third-order valence-electron chi connectivity index (χ3n) is 7.67. The van der Waals surface area contributed by atoms with E-state index in [1.807, 2.05) is 30.3 Å². The number of carbonyl (C=O) groups excluding carboxylic acids is 4. The summed E-state index contributed by atoms with van der Waals surface area (Å²) in [6.45, 7) is 4.16. The number of pyridine rings is 1. The number of nitrogens with zero attached hydrogens (tertiary/aromatic N) is 1. The maximum Gasteiger partial charge on any atom is 0.328 e. The maximum atomic E-state index is 13.3. The van der Waals surface area contributed by atoms with Crippen molar-refractivity contribution >= 4 is 23.8 Å². The van der Waals surface area contributed by atoms with Gasteiger partial charge in [-0.2, -0.15) is 0 Å². The third kappa shape index (κ3) is 17.4. The van der Waals surface area contributed by atoms with Crippen LogP contribution in [0.25, 0.3) is 0 Å². The molecule has 1 aromatic carbocycles. The highest BCUT2D eigenvalue weighted by molar-refractivity contribution is 5.95. The van der Waals surface area contributed by atoms with Crippen molar-refractivity contribution in [3.8, 4) is 0 Å². The highest BCUT2D eigenvalue weighted by atomic mass is 16.5. The number of benzene rings is 1. The van der Waals surface area contributed by atoms with Gasteiger partial charge in [0.1, 0.15) is 24.4 Å². The Kier molecular flexibility index (Phi) is 18.9. The molecule has 248 valence electrons. The Morgan fingerprint density at radius 1 is 0.800 bits per heavy atom. The lowest BCUT2D eigenvalue weighted by Gasteiger charge is -2.22. The van der Waals surface area contributed by atoms with E-state index in [4.69, 9.17) is 15.2 Å². The van der Waals surface area contributed by atoms with Crippen molar-refractivity contribution in [2.24, 2.45) is 5.73 Å². The smallest absolute Gasteiger partial charge is 0.328 e. The molecular weight excluding hydrogens is 570 g/mol. The first-order chi connectivity index (χ1) is 21.8. The van der Waals surface area contributed by atoms with E-state index in [9.17, 15) is 19.2 Å². The molecule has 2 atom stereocenters. The molecule has 0 aliphatic heterocycles. The fourth-order valence-electron chi connectivity index (χ4n) is 5.12. The molecule has 0 spiro atoms. The van der Waals surface area contributed by atoms with E-state index in [0.717, 1.165) is 24.8 Å². The van der Waals surface area contributed by atoms with Crippen LogP contribution >= 0.6 is 0 Å². The van der Waals surface area contributed by atoms with Crippen LogP contribution in [0.15, 0.2) is 48.5 Å². The number of aromatic nitrogens is 1. The molecule has 9 heteroatoms. The van der Waals surface area contributed by atoms with Gasteiger partial charge in [-0.05, 0) is 50.3 Å². The quantitative estimate of drug-likeness (QED) is 0.0959. The molecule has 3 N–H and O–H groups in total. The number of aryl methyl sites for hydroxylation is 1. The Bertz CT molecular complexity index is 1160. The first-order valence-corrected chi connectivity index (χ1v) is 16.7. The summed E-state index contributed by atoms with van der Waals surface area (Å²) < 4.78 is 11.1. The Morgan fingerprint density at radius 3 is 2.07 bits per heavy atom. The lowest BCUT2D eigenvalue weighted by atomic mass is 10.0. The van der Waals surface area contributed by atoms with E-state index in [-0.39, 0.29) is 38.0 Å². The molecule has 0 bridgehead atoms. The molecule has 9 nitrogen and oxygen atoms in total. The summed E-state index contributed by atoms with van der Waals surface area (Å²) in [6, 6.07) is 13.4. The summed E-state index contributed by atoms with van der Waals surface area (Å²) in [6.07, 6.45) is 13.3. The summed E-state index contributed by atoms with van der Waals surface area (Å²) in [5.41, 5.74) is 7.18. The summed E-state index contributed by atoms with van der Waals surface area (Å²) >= 11 is 0. The van der Waals surface area contributed by atoms with Crippen molar-refractivity contribution in [3.63, 3.8) is 0 Å². The fourth-order valence-corrected chi connectivity index (χ4v) is 5.12. The number of esters is 2. The first kappa shape index (κ1) is 37.4. The largest absolute Gasteiger partial charge is 0.461 e. The Morgan fingerprint density at radius 2 is 1.44 bits per heavy atom. The third-order valence-corrected chi connectivity index (χ3v) is 7.67. The van der Waals surface area contributed by atoms with Crippen LogP contribution < -0.4 is 11.1 Å². The Hall–Kier alpha value is -3.75. The number of hydrogen-bond acceptors (Lipinski definition) is 7. The lowest BCUT2D eigenvalue weighted by molar-refractivity contribution is -0.153. The summed E-state index contributed by atoms with van der Waals surface area (Å²) in [4.78, 5) is 54.7. The molecular formula is C36H53N3O6. The van der Waals surface area contributed by atoms with Gasteiger partial charge in [-0.1, -0.05) is 108 Å². The van der Waals surface area contributed by atoms with Gasteiger partial charge in [-0.15, -0.1) is 0 Å². The van der Waals surface area contributed by atoms with Crippen LogP contribution in [0.1, 0.15) is 131 Å². The summed E-state index contributed by atoms with van der Waals surface area (Å²) in [7, 11) is 0. The Balaban J connectivity index is 1.88. The zero-order chi connectivity index (χ0) is 32.7. The van der Waals surface area contributed by atoms with Gasteiger partial charge in [-0.25, -0.2) is 9.78 Å². The van der Waals surface area contributed by atoms with Crippen LogP contribution in [0, 0.1) is 6.92 Å². The molecule has 1 heterocycles. The zero-order valence-corrected chi connectivity index (χ0v) is 27.3. The number of amides is 2. The molecule has 0 unspecified atom stereocenters. The molecule has 0 fully saturated rings. The minimum atomic E-state index is -1.03. The van der Waals surface area contributed by atoms with Crippen LogP contribution in [-0.2, 0) is 30.5 Å². The normalized spacial score (nSPS) is 12.2. The molecule has 45 heavy (non-hydrogen) atoms. The van der Waals surface area contributed by atoms with E-state index >= 15 is 0 Å². The van der Waals surface area contributed by atoms with E-state index in [0.29, 0.717) is 12.1 Å². The van der Waals surface area contributed by atoms with Gasteiger partial charge in [-0.3, -0.25) is 14.4 Å². The summed E-state index contributed by atoms with van der Waals surface area (Å²) in [5, 5.41) is 2.72. The van der Waals surface area contributed by atoms with Gasteiger partial charge in [0.15, 0.2) is 0 Å². The second-order valence-electron chi connectivity index (χ2n) is 11.8. The van der Waals surface area contributed by atoms with Crippen molar-refractivity contribution in [2.45, 2.75) is 135 Å². The maximum absolute atomic E-state index is 13.3. The molecule has 0 saturated carbocycles. The van der Waals surface area contributed by atoms with Gasteiger partial charge < -0.3 is 20.5 Å². The zero-order valence-electron chi connectivity index (χ0n) is 27.3. The average molecular weight is 624 g/mol. The minimum absolute atomic E-state index is 0.0681. The highest BCUT2D eigenvalue weighted by Gasteiger charge is 2.27. The number of hydrogen-bond donors (Lipinski definition) is 2. The van der Waals surface area contributed by atoms with Crippen molar-refractivity contribution in [3.05, 3.63) is 65.5 Å². The van der Waals surface area contributed by atoms with E-state index in [1.165, 1.54) is 51.4 Å². The number of ether oxygens (including phenoxy) is 2. The number of carbonyl (C=O) groups is 4. The Labute approximate surface area is 269 Å². The van der Waals surface area contributed by atoms with Crippen LogP contribution in [0.3, 0.4) is 0 Å². The van der Waals surface area contributed by atoms with Crippen molar-refractivity contribution < 1.29 is 28.7 Å². The highest BCUT2D eigenvalue weighted by Crippen LogP contribution is 2.16. The van der Waals surface area contributed by atoms with Crippen LogP contribution in [0.4, 0.5) is 0 Å². The van der Waals surface area contributed by atoms with Gasteiger partial charge in [0.2, 0.25) is 5.91 Å². The molecule has 2 rings (SSSR count). The second kappa shape index (κ2) is 22.7. The van der Waals surface area contributed by atoms with Crippen molar-refractivity contribution in [1.82, 2.24) is 10.3 Å². The standard InChI is InChI=1S/C36H53N3O6/c1-3-4-5-6-7-8-9-10-11-12-16-22-30(26-33(37)40)45-36(43)32(39-35(42)31-23-17-19-28(2)38-31)24-18-25-34(41)44-27-29-20-14-13-15-21-29/h13-15,17,19-21,23,30,32H,3-12,16,18,22,24-27H2,1-2H3,(H2,37,40)(H,39,42)/t30-,32-/m0/s1. The van der Waals surface area contributed by atoms with Gasteiger partial charge in [0, 0.05) is 12.1 Å². The molecule has 1 aromatic heterocycles. The molecule has 0 saturated heterocycles. The SMILES string of the molecule is CCCCCCCCCCCCC[C@@H](CC(N)=O)OC(=O)[C@H](CCCC(=O)OCc1ccccc1)NC(=O)c1cccc(C)n1. The molecule has 2 amide bonds. The number of unbranched alkanes of at least 4 members (excludes halogenated alkanes) is 10. The van der Waals surface area contributed by atoms with Crippen molar-refractivity contribution in [1.29, 1.82) is 0 Å². The van der Waals surface area contributed by atoms with E-state index in [1.54, 1.807) is 25.1 Å². The molecule has 0 radical (unpaired) electrons. The van der Waals surface area contributed by atoms with Crippen LogP contribution in [0.2, 0.25) is 0 Å². The van der Waals surface area contributed by atoms with Crippen molar-refractivity contribution in [2.75, 3.05) is 0 Å². The minimum Gasteiger partial charge on any atom is -0.461 e. The topological polar surface area (TPSA) is 138 Å². The van der Waals surface area contributed by atoms with Gasteiger partial charge >= 0.3 is 11.9 Å². The van der Waals surface area contributed by atoms with Crippen LogP contribution in [-0.4, -0.2) is 40.9 Å². The lowest BCUT2D eigenvalue weighted by Crippen LogP contribution is -2.43. The first-order valence-electron chi connectivity index (χ1n) is 16.7. The fraction of sp³-hybridized carbons (Fsp3) is 0.583. The number of primary amides is 1. The van der Waals surface area contributed by atoms with Gasteiger partial charge in [0.05, 0.1) is 6.42 Å². The van der Waals surface area contributed by atoms with E-state index in [2.05, 4.69) is 17.2 Å². The summed E-state index contributed by atoms with van der Waals surface area (Å²) in [5.74, 6) is -2.14. The monoisotopic (exact) mass is 623 g/mol. The predicted octanol–water partition coefficient (Wildman–Crippen LogP) is 6.89. The van der Waals surface area contributed by atoms with Gasteiger partial charge in [0.25, 0.3) is 5.91 Å².